The SMILES string of the molecule is O=C(c1ccc(OCc2ccccc2)cc1)N1CCC(C2CCCN2)CC1. The summed E-state index contributed by atoms with van der Waals surface area (Å²) in [5.74, 6) is 1.66. The summed E-state index contributed by atoms with van der Waals surface area (Å²) < 4.78 is 5.81. The third-order valence-corrected chi connectivity index (χ3v) is 5.84. The maximum Gasteiger partial charge on any atom is 0.253 e. The lowest BCUT2D eigenvalue weighted by Gasteiger charge is -2.35. The number of nitrogens with one attached hydrogen (secondary N) is 1. The molecule has 2 heterocycles. The first-order chi connectivity index (χ1) is 13.3. The summed E-state index contributed by atoms with van der Waals surface area (Å²) >= 11 is 0. The first kappa shape index (κ1) is 18.1. The Balaban J connectivity index is 1.29. The van der Waals surface area contributed by atoms with E-state index in [1.807, 2.05) is 59.5 Å². The molecular formula is C23H28N2O2. The standard InChI is InChI=1S/C23H28N2O2/c26-23(25-15-12-19(13-16-25)22-7-4-14-24-22)20-8-10-21(11-9-20)27-17-18-5-2-1-3-6-18/h1-3,5-6,8-11,19,22,24H,4,7,12-17H2. The van der Waals surface area contributed by atoms with E-state index in [1.54, 1.807) is 0 Å². The van der Waals surface area contributed by atoms with Crippen LogP contribution in [0.25, 0.3) is 0 Å². The van der Waals surface area contributed by atoms with Crippen LogP contribution >= 0.6 is 0 Å². The van der Waals surface area contributed by atoms with Gasteiger partial charge in [0.25, 0.3) is 5.91 Å². The molecule has 2 aromatic carbocycles. The quantitative estimate of drug-likeness (QED) is 0.876. The fourth-order valence-electron chi connectivity index (χ4n) is 4.24. The van der Waals surface area contributed by atoms with Crippen LogP contribution < -0.4 is 10.1 Å². The summed E-state index contributed by atoms with van der Waals surface area (Å²) in [4.78, 5) is 14.8. The molecule has 27 heavy (non-hydrogen) atoms. The number of rotatable bonds is 5. The van der Waals surface area contributed by atoms with Crippen molar-refractivity contribution in [1.82, 2.24) is 10.2 Å². The smallest absolute Gasteiger partial charge is 0.253 e. The molecule has 2 aliphatic heterocycles. The Morgan fingerprint density at radius 3 is 2.41 bits per heavy atom. The number of amides is 1. The van der Waals surface area contributed by atoms with Crippen molar-refractivity contribution in [3.05, 3.63) is 65.7 Å². The fraction of sp³-hybridized carbons (Fsp3) is 0.435. The number of nitrogens with zero attached hydrogens (tertiary/aromatic N) is 1. The zero-order chi connectivity index (χ0) is 18.5. The van der Waals surface area contributed by atoms with Crippen LogP contribution in [-0.2, 0) is 6.61 Å². The highest BCUT2D eigenvalue weighted by Gasteiger charge is 2.30. The molecule has 2 aromatic rings. The van der Waals surface area contributed by atoms with Crippen molar-refractivity contribution < 1.29 is 9.53 Å². The molecule has 2 fully saturated rings. The van der Waals surface area contributed by atoms with Gasteiger partial charge in [-0.25, -0.2) is 0 Å². The van der Waals surface area contributed by atoms with Gasteiger partial charge < -0.3 is 15.0 Å². The van der Waals surface area contributed by atoms with E-state index in [9.17, 15) is 4.79 Å². The Kier molecular flexibility index (Phi) is 5.73. The number of ether oxygens (including phenoxy) is 1. The van der Waals surface area contributed by atoms with Crippen LogP contribution in [-0.4, -0.2) is 36.5 Å². The van der Waals surface area contributed by atoms with Gasteiger partial charge in [-0.3, -0.25) is 4.79 Å². The van der Waals surface area contributed by atoms with Gasteiger partial charge in [0.15, 0.2) is 0 Å². The fourth-order valence-corrected chi connectivity index (χ4v) is 4.24. The highest BCUT2D eigenvalue weighted by Crippen LogP contribution is 2.26. The lowest BCUT2D eigenvalue weighted by Crippen LogP contribution is -2.43. The number of hydrogen-bond donors (Lipinski definition) is 1. The monoisotopic (exact) mass is 364 g/mol. The average Bonchev–Trinajstić information content (AvgIpc) is 3.28. The third-order valence-electron chi connectivity index (χ3n) is 5.84. The van der Waals surface area contributed by atoms with Crippen molar-refractivity contribution in [2.75, 3.05) is 19.6 Å². The summed E-state index contributed by atoms with van der Waals surface area (Å²) in [6.07, 6.45) is 4.81. The summed E-state index contributed by atoms with van der Waals surface area (Å²) in [5.41, 5.74) is 1.89. The topological polar surface area (TPSA) is 41.6 Å². The second-order valence-electron chi connectivity index (χ2n) is 7.63. The van der Waals surface area contributed by atoms with E-state index in [1.165, 1.54) is 12.8 Å². The van der Waals surface area contributed by atoms with E-state index in [0.29, 0.717) is 12.6 Å². The number of benzene rings is 2. The number of likely N-dealkylation sites (tertiary alicyclic amines) is 1. The Labute approximate surface area is 161 Å². The van der Waals surface area contributed by atoms with Crippen molar-refractivity contribution in [2.45, 2.75) is 38.3 Å². The molecule has 0 spiro atoms. The minimum atomic E-state index is 0.141. The van der Waals surface area contributed by atoms with Gasteiger partial charge in [-0.05, 0) is 68.0 Å². The van der Waals surface area contributed by atoms with Crippen molar-refractivity contribution in [3.63, 3.8) is 0 Å². The van der Waals surface area contributed by atoms with Crippen molar-refractivity contribution in [3.8, 4) is 5.75 Å². The van der Waals surface area contributed by atoms with E-state index in [4.69, 9.17) is 4.74 Å². The van der Waals surface area contributed by atoms with Crippen LogP contribution in [0.5, 0.6) is 5.75 Å². The maximum absolute atomic E-state index is 12.8. The number of piperidine rings is 1. The second kappa shape index (κ2) is 8.57. The Bertz CT molecular complexity index is 731. The molecule has 0 aromatic heterocycles. The number of hydrogen-bond acceptors (Lipinski definition) is 3. The van der Waals surface area contributed by atoms with E-state index >= 15 is 0 Å². The normalized spacial score (nSPS) is 20.6. The van der Waals surface area contributed by atoms with E-state index in [2.05, 4.69) is 5.32 Å². The molecule has 4 rings (SSSR count). The second-order valence-corrected chi connectivity index (χ2v) is 7.63. The van der Waals surface area contributed by atoms with Crippen LogP contribution in [0, 0.1) is 5.92 Å². The van der Waals surface area contributed by atoms with Gasteiger partial charge in [0, 0.05) is 24.7 Å². The summed E-state index contributed by atoms with van der Waals surface area (Å²) in [6, 6.07) is 18.3. The zero-order valence-electron chi connectivity index (χ0n) is 15.8. The molecule has 2 aliphatic rings. The van der Waals surface area contributed by atoms with E-state index in [0.717, 1.165) is 55.3 Å². The first-order valence-corrected chi connectivity index (χ1v) is 10.1. The summed E-state index contributed by atoms with van der Waals surface area (Å²) in [5, 5.41) is 3.61. The minimum Gasteiger partial charge on any atom is -0.489 e. The Morgan fingerprint density at radius 1 is 1.00 bits per heavy atom. The molecule has 142 valence electrons. The van der Waals surface area contributed by atoms with Crippen LogP contribution in [0.3, 0.4) is 0 Å². The molecular weight excluding hydrogens is 336 g/mol. The molecule has 0 saturated carbocycles. The number of carbonyl (C=O) groups is 1. The summed E-state index contributed by atoms with van der Waals surface area (Å²) in [6.45, 7) is 3.43. The lowest BCUT2D eigenvalue weighted by atomic mass is 9.88. The Morgan fingerprint density at radius 2 is 1.74 bits per heavy atom. The largest absolute Gasteiger partial charge is 0.489 e. The van der Waals surface area contributed by atoms with Crippen LogP contribution in [0.4, 0.5) is 0 Å². The van der Waals surface area contributed by atoms with E-state index in [-0.39, 0.29) is 5.91 Å². The molecule has 4 nitrogen and oxygen atoms in total. The zero-order valence-corrected chi connectivity index (χ0v) is 15.8. The predicted molar refractivity (Wildman–Crippen MR) is 107 cm³/mol. The molecule has 2 saturated heterocycles. The molecule has 0 aliphatic carbocycles. The highest BCUT2D eigenvalue weighted by atomic mass is 16.5. The molecule has 1 unspecified atom stereocenters. The predicted octanol–water partition coefficient (Wildman–Crippen LogP) is 3.87. The third kappa shape index (κ3) is 4.51. The van der Waals surface area contributed by atoms with Gasteiger partial charge in [0.1, 0.15) is 12.4 Å². The lowest BCUT2D eigenvalue weighted by molar-refractivity contribution is 0.0674. The molecule has 1 N–H and O–H groups in total. The van der Waals surface area contributed by atoms with Gasteiger partial charge in [0.2, 0.25) is 0 Å². The van der Waals surface area contributed by atoms with Crippen LogP contribution in [0.2, 0.25) is 0 Å². The van der Waals surface area contributed by atoms with Gasteiger partial charge in [-0.2, -0.15) is 0 Å². The molecule has 1 atom stereocenters. The average molecular weight is 364 g/mol. The van der Waals surface area contributed by atoms with Gasteiger partial charge in [-0.1, -0.05) is 30.3 Å². The molecule has 0 bridgehead atoms. The van der Waals surface area contributed by atoms with Crippen LogP contribution in [0.15, 0.2) is 54.6 Å². The van der Waals surface area contributed by atoms with Crippen LogP contribution in [0.1, 0.15) is 41.6 Å². The molecule has 1 amide bonds. The van der Waals surface area contributed by atoms with Gasteiger partial charge in [-0.15, -0.1) is 0 Å². The summed E-state index contributed by atoms with van der Waals surface area (Å²) in [7, 11) is 0. The van der Waals surface area contributed by atoms with Crippen molar-refractivity contribution >= 4 is 5.91 Å². The Hall–Kier alpha value is -2.33. The molecule has 0 radical (unpaired) electrons. The maximum atomic E-state index is 12.8. The van der Waals surface area contributed by atoms with Gasteiger partial charge in [0.05, 0.1) is 0 Å². The first-order valence-electron chi connectivity index (χ1n) is 10.1. The minimum absolute atomic E-state index is 0.141. The van der Waals surface area contributed by atoms with Gasteiger partial charge >= 0.3 is 0 Å². The highest BCUT2D eigenvalue weighted by molar-refractivity contribution is 5.94. The van der Waals surface area contributed by atoms with E-state index < -0.39 is 0 Å². The molecule has 4 heteroatoms. The van der Waals surface area contributed by atoms with Crippen molar-refractivity contribution in [2.24, 2.45) is 5.92 Å². The van der Waals surface area contributed by atoms with Crippen molar-refractivity contribution in [1.29, 1.82) is 0 Å². The number of carbonyl (C=O) groups excluding carboxylic acids is 1.